The van der Waals surface area contributed by atoms with Crippen LogP contribution in [-0.4, -0.2) is 29.5 Å². The Balaban J connectivity index is 1.46. The summed E-state index contributed by atoms with van der Waals surface area (Å²) in [6.45, 7) is 25.2. The Hall–Kier alpha value is -4.39. The maximum absolute atomic E-state index is 14.6. The van der Waals surface area contributed by atoms with E-state index in [0.29, 0.717) is 30.3 Å². The Morgan fingerprint density at radius 3 is 2.33 bits per heavy atom. The number of carbonyl (C=O) groups excluding carboxylic acids is 1. The number of nitrogens with zero attached hydrogens (tertiary/aromatic N) is 1. The quantitative estimate of drug-likeness (QED) is 0.0655. The number of rotatable bonds is 30. The van der Waals surface area contributed by atoms with Crippen molar-refractivity contribution in [1.82, 2.24) is 10.3 Å². The molecular weight excluding hydrogens is 818 g/mol. The van der Waals surface area contributed by atoms with E-state index in [-0.39, 0.29) is 5.82 Å². The zero-order valence-corrected chi connectivity index (χ0v) is 43.1. The lowest BCUT2D eigenvalue weighted by Crippen LogP contribution is -2.31. The second-order valence-electron chi connectivity index (χ2n) is 19.3. The molecule has 1 saturated carbocycles. The molecule has 1 fully saturated rings. The highest BCUT2D eigenvalue weighted by Gasteiger charge is 2.25. The number of alkyl carbamates (subject to hydrolysis) is 1. The Morgan fingerprint density at radius 2 is 1.65 bits per heavy atom. The Morgan fingerprint density at radius 1 is 0.879 bits per heavy atom. The van der Waals surface area contributed by atoms with Gasteiger partial charge in [-0.15, -0.1) is 0 Å². The number of hydrogen-bond donors (Lipinski definition) is 2. The molecule has 0 bridgehead atoms. The molecule has 1 aliphatic rings. The Labute approximate surface area is 400 Å². The molecule has 0 radical (unpaired) electrons. The number of ether oxygens (including phenoxy) is 2. The van der Waals surface area contributed by atoms with Gasteiger partial charge in [-0.1, -0.05) is 118 Å². The van der Waals surface area contributed by atoms with Crippen molar-refractivity contribution < 1.29 is 18.7 Å². The van der Waals surface area contributed by atoms with E-state index in [1.165, 1.54) is 40.7 Å². The van der Waals surface area contributed by atoms with E-state index in [2.05, 4.69) is 111 Å². The van der Waals surface area contributed by atoms with E-state index in [1.807, 2.05) is 18.2 Å². The van der Waals surface area contributed by atoms with Gasteiger partial charge in [0.2, 0.25) is 0 Å². The number of hydrogen-bond acceptors (Lipinski definition) is 4. The fourth-order valence-corrected chi connectivity index (χ4v) is 9.51. The van der Waals surface area contributed by atoms with Gasteiger partial charge in [-0.3, -0.25) is 10.3 Å². The fourth-order valence-electron chi connectivity index (χ4n) is 9.51. The summed E-state index contributed by atoms with van der Waals surface area (Å²) in [6.07, 6.45) is 25.7. The van der Waals surface area contributed by atoms with Crippen LogP contribution in [0.25, 0.3) is 16.5 Å². The lowest BCUT2D eigenvalue weighted by molar-refractivity contribution is 0.125. The Bertz CT molecular complexity index is 2110. The predicted octanol–water partition coefficient (Wildman–Crippen LogP) is 17.7. The molecule has 0 saturated heterocycles. The van der Waals surface area contributed by atoms with E-state index < -0.39 is 12.2 Å². The largest absolute Gasteiger partial charge is 0.489 e. The maximum atomic E-state index is 14.6. The first kappa shape index (κ1) is 54.2. The zero-order chi connectivity index (χ0) is 48.0. The summed E-state index contributed by atoms with van der Waals surface area (Å²) >= 11 is 0. The number of aliphatic imine (C=N–C) groups is 1. The number of benzene rings is 2. The van der Waals surface area contributed by atoms with Crippen LogP contribution in [0, 0.1) is 23.6 Å². The molecule has 5 atom stereocenters. The number of carbonyl (C=O) groups is 1. The van der Waals surface area contributed by atoms with Crippen molar-refractivity contribution in [3.05, 3.63) is 106 Å². The molecule has 0 aliphatic heterocycles. The summed E-state index contributed by atoms with van der Waals surface area (Å²) in [5, 5.41) is 3.96. The molecule has 4 rings (SSSR count). The van der Waals surface area contributed by atoms with Gasteiger partial charge in [-0.2, -0.15) is 0 Å². The van der Waals surface area contributed by atoms with Crippen LogP contribution in [0.1, 0.15) is 208 Å². The monoisotopic (exact) mass is 906 g/mol. The number of nitrogens with one attached hydrogen (secondary N) is 2. The van der Waals surface area contributed by atoms with Crippen LogP contribution in [0.4, 0.5) is 9.18 Å². The molecule has 5 unspecified atom stereocenters. The maximum Gasteiger partial charge on any atom is 0.411 e. The van der Waals surface area contributed by atoms with Gasteiger partial charge < -0.3 is 14.5 Å². The van der Waals surface area contributed by atoms with Crippen molar-refractivity contribution in [2.24, 2.45) is 22.7 Å². The topological polar surface area (TPSA) is 75.7 Å². The summed E-state index contributed by atoms with van der Waals surface area (Å²) in [5.41, 5.74) is 12.5. The average molecular weight is 906 g/mol. The lowest BCUT2D eigenvalue weighted by Gasteiger charge is -2.27. The van der Waals surface area contributed by atoms with E-state index >= 15 is 0 Å². The molecule has 7 heteroatoms. The first-order chi connectivity index (χ1) is 31.9. The van der Waals surface area contributed by atoms with Crippen molar-refractivity contribution >= 4 is 28.3 Å². The minimum Gasteiger partial charge on any atom is -0.489 e. The second-order valence-corrected chi connectivity index (χ2v) is 19.3. The first-order valence-electron chi connectivity index (χ1n) is 26.2. The molecule has 6 nitrogen and oxygen atoms in total. The highest BCUT2D eigenvalue weighted by Crippen LogP contribution is 2.41. The summed E-state index contributed by atoms with van der Waals surface area (Å²) < 4.78 is 27.0. The van der Waals surface area contributed by atoms with Crippen LogP contribution in [0.2, 0.25) is 0 Å². The van der Waals surface area contributed by atoms with Crippen LogP contribution in [0.5, 0.6) is 5.75 Å². The minimum atomic E-state index is -0.474. The summed E-state index contributed by atoms with van der Waals surface area (Å²) in [5.74, 6) is 2.58. The van der Waals surface area contributed by atoms with Crippen molar-refractivity contribution in [3.63, 3.8) is 0 Å². The van der Waals surface area contributed by atoms with Crippen molar-refractivity contribution in [2.75, 3.05) is 6.61 Å². The number of H-pyrrole nitrogens is 1. The molecule has 2 aromatic carbocycles. The molecule has 1 heterocycles. The molecule has 1 amide bonds. The first-order valence-corrected chi connectivity index (χ1v) is 26.2. The van der Waals surface area contributed by atoms with Gasteiger partial charge in [0.25, 0.3) is 0 Å². The number of allylic oxidation sites excluding steroid dienone is 6. The van der Waals surface area contributed by atoms with E-state index in [0.717, 1.165) is 136 Å². The highest BCUT2D eigenvalue weighted by atomic mass is 19.1. The zero-order valence-electron chi connectivity index (χ0n) is 43.1. The second kappa shape index (κ2) is 28.7. The molecule has 2 N–H and O–H groups in total. The molecule has 66 heavy (non-hydrogen) atoms. The van der Waals surface area contributed by atoms with Crippen LogP contribution in [-0.2, 0) is 11.2 Å². The number of aromatic nitrogens is 1. The van der Waals surface area contributed by atoms with Gasteiger partial charge in [0.1, 0.15) is 24.3 Å². The molecule has 1 aromatic heterocycles. The molecule has 1 aliphatic carbocycles. The molecule has 364 valence electrons. The van der Waals surface area contributed by atoms with Gasteiger partial charge in [0.15, 0.2) is 0 Å². The van der Waals surface area contributed by atoms with E-state index in [4.69, 9.17) is 14.5 Å². The normalized spacial score (nSPS) is 16.0. The van der Waals surface area contributed by atoms with Crippen LogP contribution in [0.3, 0.4) is 0 Å². The van der Waals surface area contributed by atoms with Gasteiger partial charge >= 0.3 is 6.09 Å². The summed E-state index contributed by atoms with van der Waals surface area (Å²) in [6, 6.07) is 11.6. The predicted molar refractivity (Wildman–Crippen MR) is 280 cm³/mol. The lowest BCUT2D eigenvalue weighted by atomic mass is 9.78. The van der Waals surface area contributed by atoms with Gasteiger partial charge in [-0.25, -0.2) is 9.18 Å². The third-order valence-electron chi connectivity index (χ3n) is 14.1. The SMILES string of the molecule is CCC/C=C(/c1ccc(F)cc1C(C)CC)C(CCC)CCC(C)C(C)CC/C(C(C)=C1CC1)=C(\C)N=C(CCC)C(CCCC)OC(=O)N/C=C/COc1cccc2[nH]cc(CCC)c12. The van der Waals surface area contributed by atoms with Gasteiger partial charge in [0.05, 0.1) is 5.71 Å². The number of amides is 1. The van der Waals surface area contributed by atoms with Crippen molar-refractivity contribution in [2.45, 2.75) is 204 Å². The molecular formula is C59H88FN3O3. The van der Waals surface area contributed by atoms with Crippen LogP contribution >= 0.6 is 0 Å². The third-order valence-corrected chi connectivity index (χ3v) is 14.1. The summed E-state index contributed by atoms with van der Waals surface area (Å²) in [7, 11) is 0. The van der Waals surface area contributed by atoms with Crippen LogP contribution < -0.4 is 10.1 Å². The average Bonchev–Trinajstić information content (AvgIpc) is 4.09. The molecule has 3 aromatic rings. The Kier molecular flexibility index (Phi) is 23.6. The van der Waals surface area contributed by atoms with Crippen molar-refractivity contribution in [1.29, 1.82) is 0 Å². The van der Waals surface area contributed by atoms with Crippen molar-refractivity contribution in [3.8, 4) is 5.75 Å². The van der Waals surface area contributed by atoms with E-state index in [9.17, 15) is 9.18 Å². The smallest absolute Gasteiger partial charge is 0.411 e. The van der Waals surface area contributed by atoms with Crippen LogP contribution in [0.15, 0.2) is 88.4 Å². The fraction of sp³-hybridized carbons (Fsp3) is 0.593. The minimum absolute atomic E-state index is 0.136. The van der Waals surface area contributed by atoms with Gasteiger partial charge in [-0.05, 0) is 185 Å². The number of unbranched alkanes of at least 4 members (excludes halogenated alkanes) is 2. The molecule has 0 spiro atoms. The number of aryl methyl sites for hydroxylation is 1. The van der Waals surface area contributed by atoms with E-state index in [1.54, 1.807) is 23.9 Å². The highest BCUT2D eigenvalue weighted by molar-refractivity contribution is 5.91. The number of fused-ring (bicyclic) bond motifs is 1. The standard InChI is InChI=1S/C59H88FN3O3/c1-12-18-25-51(52-36-34-49(60)39-53(52)41(7)17-6)47(22-14-3)31-29-42(8)43(9)30-35-50(44(10)46-32-33-46)45(11)63-54(24-16-5)56(27-19-13-2)66-59(64)61-37-21-38-65-57-28-20-26-55-58(57)48(23-15-4)40-62-55/h20-21,25-26,28,34,36-37,39-43,47,56,62H,12-19,22-24,27,29-33,35,38H2,1-11H3,(H,61,64)/b37-21+,50-45-,51-25+,63-54?. The third kappa shape index (κ3) is 16.4. The van der Waals surface area contributed by atoms with Gasteiger partial charge in [0, 0.05) is 29.0 Å². The number of halogens is 1. The summed E-state index contributed by atoms with van der Waals surface area (Å²) in [4.78, 5) is 22.1. The number of aromatic amines is 1.